The third-order valence-corrected chi connectivity index (χ3v) is 5.91. The second-order valence-electron chi connectivity index (χ2n) is 6.62. The molecule has 1 fully saturated rings. The van der Waals surface area contributed by atoms with E-state index in [-0.39, 0.29) is 18.4 Å². The smallest absolute Gasteiger partial charge is 0.224 e. The quantitative estimate of drug-likeness (QED) is 0.821. The van der Waals surface area contributed by atoms with Crippen LogP contribution in [0, 0.1) is 5.92 Å². The maximum atomic E-state index is 12.3. The fraction of sp³-hybridized carbons (Fsp3) is 0.444. The van der Waals surface area contributed by atoms with Crippen LogP contribution in [0.2, 0.25) is 0 Å². The number of nitrogens with one attached hydrogen (secondary N) is 1. The third kappa shape index (κ3) is 4.70. The monoisotopic (exact) mass is 376 g/mol. The molecular weight excluding hydrogens is 352 g/mol. The topological polar surface area (TPSA) is 84.3 Å². The highest BCUT2D eigenvalue weighted by Gasteiger charge is 2.29. The molecule has 8 heteroatoms. The molecule has 1 unspecified atom stereocenters. The summed E-state index contributed by atoms with van der Waals surface area (Å²) in [6, 6.07) is 9.91. The largest absolute Gasteiger partial charge is 0.355 e. The van der Waals surface area contributed by atoms with Crippen LogP contribution in [0.3, 0.4) is 0 Å². The van der Waals surface area contributed by atoms with Crippen LogP contribution in [0.1, 0.15) is 18.4 Å². The molecule has 0 radical (unpaired) electrons. The van der Waals surface area contributed by atoms with Crippen molar-refractivity contribution < 1.29 is 13.2 Å². The van der Waals surface area contributed by atoms with Gasteiger partial charge >= 0.3 is 0 Å². The van der Waals surface area contributed by atoms with Crippen molar-refractivity contribution in [2.24, 2.45) is 5.92 Å². The van der Waals surface area contributed by atoms with E-state index in [1.807, 2.05) is 36.5 Å². The van der Waals surface area contributed by atoms with Crippen molar-refractivity contribution in [2.45, 2.75) is 19.3 Å². The number of carbonyl (C=O) groups is 1. The Hall–Kier alpha value is -2.19. The van der Waals surface area contributed by atoms with Gasteiger partial charge in [-0.25, -0.2) is 17.4 Å². The molecule has 1 amide bonds. The van der Waals surface area contributed by atoms with E-state index >= 15 is 0 Å². The molecule has 1 N–H and O–H groups in total. The first kappa shape index (κ1) is 18.6. The summed E-state index contributed by atoms with van der Waals surface area (Å²) in [5.74, 6) is -0.327. The van der Waals surface area contributed by atoms with E-state index in [4.69, 9.17) is 0 Å². The zero-order valence-corrected chi connectivity index (χ0v) is 15.7. The lowest BCUT2D eigenvalue weighted by Crippen LogP contribution is -2.45. The van der Waals surface area contributed by atoms with E-state index < -0.39 is 10.0 Å². The summed E-state index contributed by atoms with van der Waals surface area (Å²) in [5, 5.41) is 7.13. The Morgan fingerprint density at radius 3 is 2.73 bits per heavy atom. The Bertz CT molecular complexity index is 832. The molecule has 1 saturated heterocycles. The fourth-order valence-electron chi connectivity index (χ4n) is 3.17. The molecule has 0 bridgehead atoms. The van der Waals surface area contributed by atoms with Crippen LogP contribution in [0.25, 0.3) is 5.69 Å². The van der Waals surface area contributed by atoms with Crippen LogP contribution >= 0.6 is 0 Å². The molecule has 2 aromatic rings. The van der Waals surface area contributed by atoms with Gasteiger partial charge in [-0.05, 0) is 43.0 Å². The van der Waals surface area contributed by atoms with Gasteiger partial charge in [0.15, 0.2) is 0 Å². The van der Waals surface area contributed by atoms with Gasteiger partial charge in [-0.15, -0.1) is 0 Å². The SMILES string of the molecule is CS(=O)(=O)N1CCCC(C(=O)NCCc2ccc(-n3cccn3)cc2)C1. The van der Waals surface area contributed by atoms with Gasteiger partial charge in [0.25, 0.3) is 0 Å². The molecule has 1 atom stereocenters. The lowest BCUT2D eigenvalue weighted by Gasteiger charge is -2.30. The van der Waals surface area contributed by atoms with Crippen molar-refractivity contribution in [1.29, 1.82) is 0 Å². The number of piperidine rings is 1. The molecule has 2 heterocycles. The summed E-state index contributed by atoms with van der Waals surface area (Å²) in [6.45, 7) is 1.32. The van der Waals surface area contributed by atoms with Crippen molar-refractivity contribution in [3.05, 3.63) is 48.3 Å². The second-order valence-corrected chi connectivity index (χ2v) is 8.60. The zero-order valence-electron chi connectivity index (χ0n) is 14.8. The molecule has 1 aliphatic heterocycles. The molecule has 26 heavy (non-hydrogen) atoms. The number of benzene rings is 1. The van der Waals surface area contributed by atoms with Gasteiger partial charge in [-0.3, -0.25) is 4.79 Å². The van der Waals surface area contributed by atoms with Crippen LogP contribution in [0.4, 0.5) is 0 Å². The summed E-state index contributed by atoms with van der Waals surface area (Å²) < 4.78 is 26.5. The van der Waals surface area contributed by atoms with E-state index in [1.165, 1.54) is 10.6 Å². The lowest BCUT2D eigenvalue weighted by atomic mass is 9.99. The van der Waals surface area contributed by atoms with E-state index in [1.54, 1.807) is 10.9 Å². The van der Waals surface area contributed by atoms with Crippen LogP contribution in [0.15, 0.2) is 42.7 Å². The third-order valence-electron chi connectivity index (χ3n) is 4.64. The van der Waals surface area contributed by atoms with E-state index in [2.05, 4.69) is 10.4 Å². The summed E-state index contributed by atoms with van der Waals surface area (Å²) in [7, 11) is -3.23. The van der Waals surface area contributed by atoms with E-state index in [9.17, 15) is 13.2 Å². The maximum Gasteiger partial charge on any atom is 0.224 e. The van der Waals surface area contributed by atoms with Gasteiger partial charge in [-0.2, -0.15) is 5.10 Å². The highest BCUT2D eigenvalue weighted by Crippen LogP contribution is 2.18. The average molecular weight is 376 g/mol. The van der Waals surface area contributed by atoms with Gasteiger partial charge in [0.1, 0.15) is 0 Å². The molecule has 0 spiro atoms. The lowest BCUT2D eigenvalue weighted by molar-refractivity contribution is -0.126. The van der Waals surface area contributed by atoms with Gasteiger partial charge in [0.2, 0.25) is 15.9 Å². The number of sulfonamides is 1. The zero-order chi connectivity index (χ0) is 18.6. The van der Waals surface area contributed by atoms with Gasteiger partial charge in [-0.1, -0.05) is 12.1 Å². The highest BCUT2D eigenvalue weighted by molar-refractivity contribution is 7.88. The average Bonchev–Trinajstić information content (AvgIpc) is 3.16. The number of amides is 1. The molecule has 1 aromatic heterocycles. The molecule has 140 valence electrons. The first-order valence-electron chi connectivity index (χ1n) is 8.75. The molecule has 1 aromatic carbocycles. The first-order valence-corrected chi connectivity index (χ1v) is 10.6. The Morgan fingerprint density at radius 2 is 2.08 bits per heavy atom. The van der Waals surface area contributed by atoms with Gasteiger partial charge < -0.3 is 5.32 Å². The molecule has 0 aliphatic carbocycles. The fourth-order valence-corrected chi connectivity index (χ4v) is 4.08. The van der Waals surface area contributed by atoms with Crippen LogP contribution in [-0.4, -0.2) is 54.3 Å². The number of hydrogen-bond acceptors (Lipinski definition) is 4. The minimum atomic E-state index is -3.23. The van der Waals surface area contributed by atoms with Crippen molar-refractivity contribution in [1.82, 2.24) is 19.4 Å². The predicted molar refractivity (Wildman–Crippen MR) is 99.4 cm³/mol. The number of rotatable bonds is 6. The number of aromatic nitrogens is 2. The minimum Gasteiger partial charge on any atom is -0.355 e. The van der Waals surface area contributed by atoms with Crippen molar-refractivity contribution in [3.63, 3.8) is 0 Å². The van der Waals surface area contributed by atoms with E-state index in [0.29, 0.717) is 13.1 Å². The van der Waals surface area contributed by atoms with E-state index in [0.717, 1.165) is 30.5 Å². The maximum absolute atomic E-state index is 12.3. The highest BCUT2D eigenvalue weighted by atomic mass is 32.2. The van der Waals surface area contributed by atoms with Crippen LogP contribution in [-0.2, 0) is 21.2 Å². The Balaban J connectivity index is 1.48. The standard InChI is InChI=1S/C18H24N4O3S/c1-26(24,25)21-12-2-4-16(14-21)18(23)19-11-9-15-5-7-17(8-6-15)22-13-3-10-20-22/h3,5-8,10,13,16H,2,4,9,11-12,14H2,1H3,(H,19,23). The predicted octanol–water partition coefficient (Wildman–Crippen LogP) is 1.20. The summed E-state index contributed by atoms with van der Waals surface area (Å²) in [6.07, 6.45) is 7.00. The summed E-state index contributed by atoms with van der Waals surface area (Å²) in [4.78, 5) is 12.3. The Labute approximate surface area is 154 Å². The van der Waals surface area contributed by atoms with Gasteiger partial charge in [0.05, 0.1) is 17.9 Å². The van der Waals surface area contributed by atoms with Gasteiger partial charge in [0, 0.05) is 32.0 Å². The number of hydrogen-bond donors (Lipinski definition) is 1. The van der Waals surface area contributed by atoms with Crippen molar-refractivity contribution in [2.75, 3.05) is 25.9 Å². The molecule has 7 nitrogen and oxygen atoms in total. The van der Waals surface area contributed by atoms with Crippen molar-refractivity contribution >= 4 is 15.9 Å². The second kappa shape index (κ2) is 8.01. The molecule has 0 saturated carbocycles. The molecule has 3 rings (SSSR count). The summed E-state index contributed by atoms with van der Waals surface area (Å²) in [5.41, 5.74) is 2.12. The first-order chi connectivity index (χ1) is 12.4. The van der Waals surface area contributed by atoms with Crippen LogP contribution in [0.5, 0.6) is 0 Å². The van der Waals surface area contributed by atoms with Crippen molar-refractivity contribution in [3.8, 4) is 5.69 Å². The normalized spacial score (nSPS) is 18.6. The van der Waals surface area contributed by atoms with Crippen LogP contribution < -0.4 is 5.32 Å². The number of nitrogens with zero attached hydrogens (tertiary/aromatic N) is 3. The summed E-state index contributed by atoms with van der Waals surface area (Å²) >= 11 is 0. The Kier molecular flexibility index (Phi) is 5.73. The molecule has 1 aliphatic rings. The minimum absolute atomic E-state index is 0.0634. The Morgan fingerprint density at radius 1 is 1.31 bits per heavy atom. The number of carbonyl (C=O) groups excluding carboxylic acids is 1. The molecular formula is C18H24N4O3S.